The Hall–Kier alpha value is -3.28. The maximum absolute atomic E-state index is 12.4. The lowest BCUT2D eigenvalue weighted by Gasteiger charge is -2.30. The number of anilines is 1. The van der Waals surface area contributed by atoms with Gasteiger partial charge in [-0.3, -0.25) is 4.79 Å². The highest BCUT2D eigenvalue weighted by molar-refractivity contribution is 6.04. The summed E-state index contributed by atoms with van der Waals surface area (Å²) in [6, 6.07) is 12.9. The van der Waals surface area contributed by atoms with Gasteiger partial charge in [0.25, 0.3) is 5.91 Å². The van der Waals surface area contributed by atoms with Crippen molar-refractivity contribution in [3.63, 3.8) is 0 Å². The number of benzene rings is 2. The molecule has 0 saturated carbocycles. The number of aryl methyl sites for hydroxylation is 1. The Morgan fingerprint density at radius 1 is 1.23 bits per heavy atom. The zero-order valence-corrected chi connectivity index (χ0v) is 14.8. The smallest absolute Gasteiger partial charge is 0.255 e. The van der Waals surface area contributed by atoms with Gasteiger partial charge in [-0.2, -0.15) is 0 Å². The number of hydrogen-bond acceptors (Lipinski definition) is 5. The van der Waals surface area contributed by atoms with Crippen LogP contribution in [0.5, 0.6) is 5.75 Å². The molecule has 0 aromatic heterocycles. The molecule has 0 spiro atoms. The van der Waals surface area contributed by atoms with Gasteiger partial charge in [-0.05, 0) is 55.3 Å². The average Bonchev–Trinajstić information content (AvgIpc) is 2.64. The first kappa shape index (κ1) is 17.5. The second kappa shape index (κ2) is 7.31. The fourth-order valence-corrected chi connectivity index (χ4v) is 2.97. The van der Waals surface area contributed by atoms with Crippen molar-refractivity contribution < 1.29 is 9.53 Å². The van der Waals surface area contributed by atoms with Crippen molar-refractivity contribution in [3.8, 4) is 5.75 Å². The zero-order chi connectivity index (χ0) is 18.7. The van der Waals surface area contributed by atoms with Gasteiger partial charge in [-0.15, -0.1) is 0 Å². The van der Waals surface area contributed by atoms with E-state index in [-0.39, 0.29) is 5.91 Å². The molecule has 1 heterocycles. The highest BCUT2D eigenvalue weighted by Crippen LogP contribution is 2.27. The van der Waals surface area contributed by atoms with E-state index in [4.69, 9.17) is 15.9 Å². The lowest BCUT2D eigenvalue weighted by molar-refractivity contribution is 0.0942. The third-order valence-electron chi connectivity index (χ3n) is 4.34. The molecule has 2 aromatic rings. The van der Waals surface area contributed by atoms with Crippen LogP contribution in [0.25, 0.3) is 5.70 Å². The largest absolute Gasteiger partial charge is 0.494 e. The van der Waals surface area contributed by atoms with E-state index in [9.17, 15) is 4.79 Å². The number of nitrogens with two attached hydrogens (primary N) is 1. The first-order valence-corrected chi connectivity index (χ1v) is 8.45. The van der Waals surface area contributed by atoms with E-state index >= 15 is 0 Å². The lowest BCUT2D eigenvalue weighted by Crippen LogP contribution is -2.47. The van der Waals surface area contributed by atoms with Gasteiger partial charge >= 0.3 is 0 Å². The van der Waals surface area contributed by atoms with Crippen LogP contribution in [-0.2, 0) is 0 Å². The molecule has 1 unspecified atom stereocenters. The molecule has 134 valence electrons. The van der Waals surface area contributed by atoms with Crippen molar-refractivity contribution >= 4 is 23.5 Å². The van der Waals surface area contributed by atoms with Crippen LogP contribution in [0, 0.1) is 12.3 Å². The molecular weight excluding hydrogens is 328 g/mol. The molecule has 0 fully saturated rings. The number of rotatable bonds is 5. The van der Waals surface area contributed by atoms with Crippen LogP contribution < -0.4 is 21.1 Å². The minimum atomic E-state index is -0.569. The topological polar surface area (TPSA) is 100 Å². The van der Waals surface area contributed by atoms with Crippen LogP contribution in [0.15, 0.2) is 48.0 Å². The van der Waals surface area contributed by atoms with Crippen LogP contribution in [0.2, 0.25) is 0 Å². The van der Waals surface area contributed by atoms with E-state index in [1.165, 1.54) is 6.21 Å². The fraction of sp³-hybridized carbons (Fsp3) is 0.200. The number of hydrogen-bond donors (Lipinski definition) is 4. The van der Waals surface area contributed by atoms with Gasteiger partial charge < -0.3 is 26.5 Å². The van der Waals surface area contributed by atoms with Crippen LogP contribution in [-0.4, -0.2) is 24.9 Å². The SMILES string of the molecule is CCOc1ccc(C(N)=C(C=N)C2NC(=O)c3cccc(C)c3N2)cc1. The quantitative estimate of drug-likeness (QED) is 0.623. The van der Waals surface area contributed by atoms with Gasteiger partial charge in [-0.25, -0.2) is 0 Å². The van der Waals surface area contributed by atoms with E-state index < -0.39 is 6.17 Å². The van der Waals surface area contributed by atoms with Gasteiger partial charge in [0.2, 0.25) is 0 Å². The Morgan fingerprint density at radius 3 is 2.62 bits per heavy atom. The molecule has 5 N–H and O–H groups in total. The molecular formula is C20H22N4O2. The maximum Gasteiger partial charge on any atom is 0.255 e. The highest BCUT2D eigenvalue weighted by atomic mass is 16.5. The number of nitrogens with one attached hydrogen (secondary N) is 3. The van der Waals surface area contributed by atoms with E-state index in [0.717, 1.165) is 22.6 Å². The normalized spacial score (nSPS) is 16.7. The van der Waals surface area contributed by atoms with Gasteiger partial charge in [0.15, 0.2) is 0 Å². The van der Waals surface area contributed by atoms with Crippen molar-refractivity contribution in [2.24, 2.45) is 5.73 Å². The van der Waals surface area contributed by atoms with Crippen molar-refractivity contribution in [1.82, 2.24) is 5.32 Å². The third kappa shape index (κ3) is 3.26. The van der Waals surface area contributed by atoms with Crippen molar-refractivity contribution in [2.45, 2.75) is 20.0 Å². The Morgan fingerprint density at radius 2 is 1.96 bits per heavy atom. The first-order chi connectivity index (χ1) is 12.5. The molecule has 0 saturated heterocycles. The van der Waals surface area contributed by atoms with Crippen LogP contribution >= 0.6 is 0 Å². The van der Waals surface area contributed by atoms with E-state index in [1.807, 2.05) is 50.2 Å². The molecule has 2 aromatic carbocycles. The Balaban J connectivity index is 1.95. The summed E-state index contributed by atoms with van der Waals surface area (Å²) < 4.78 is 5.44. The average molecular weight is 350 g/mol. The van der Waals surface area contributed by atoms with Gasteiger partial charge in [0.1, 0.15) is 11.9 Å². The zero-order valence-electron chi connectivity index (χ0n) is 14.8. The second-order valence-corrected chi connectivity index (χ2v) is 6.02. The van der Waals surface area contributed by atoms with E-state index in [0.29, 0.717) is 23.4 Å². The standard InChI is InChI=1S/C20H22N4O2/c1-3-26-14-9-7-13(8-10-14)17(22)16(11-21)19-23-18-12(2)5-4-6-15(18)20(25)24-19/h4-11,19,21,23H,3,22H2,1-2H3,(H,24,25). The summed E-state index contributed by atoms with van der Waals surface area (Å²) in [6.07, 6.45) is 0.604. The number of amides is 1. The monoisotopic (exact) mass is 350 g/mol. The van der Waals surface area contributed by atoms with Gasteiger partial charge in [0.05, 0.1) is 17.9 Å². The van der Waals surface area contributed by atoms with Gasteiger partial charge in [0, 0.05) is 17.5 Å². The number of fused-ring (bicyclic) bond motifs is 1. The fourth-order valence-electron chi connectivity index (χ4n) is 2.97. The predicted molar refractivity (Wildman–Crippen MR) is 104 cm³/mol. The molecule has 26 heavy (non-hydrogen) atoms. The molecule has 3 rings (SSSR count). The van der Waals surface area contributed by atoms with Gasteiger partial charge in [-0.1, -0.05) is 12.1 Å². The Bertz CT molecular complexity index is 872. The number of carbonyl (C=O) groups is 1. The summed E-state index contributed by atoms with van der Waals surface area (Å²) >= 11 is 0. The minimum absolute atomic E-state index is 0.189. The van der Waals surface area contributed by atoms with Crippen molar-refractivity contribution in [1.29, 1.82) is 5.41 Å². The lowest BCUT2D eigenvalue weighted by atomic mass is 10.00. The number of para-hydroxylation sites is 1. The molecule has 0 bridgehead atoms. The summed E-state index contributed by atoms with van der Waals surface area (Å²) in [6.45, 7) is 4.45. The molecule has 0 radical (unpaired) electrons. The summed E-state index contributed by atoms with van der Waals surface area (Å²) in [5.74, 6) is 0.570. The minimum Gasteiger partial charge on any atom is -0.494 e. The Kier molecular flexibility index (Phi) is 4.93. The van der Waals surface area contributed by atoms with Crippen LogP contribution in [0.4, 0.5) is 5.69 Å². The summed E-state index contributed by atoms with van der Waals surface area (Å²) in [5.41, 5.74) is 10.3. The molecule has 6 heteroatoms. The summed E-state index contributed by atoms with van der Waals surface area (Å²) in [7, 11) is 0. The molecule has 1 aliphatic heterocycles. The number of ether oxygens (including phenoxy) is 1. The molecule has 1 atom stereocenters. The van der Waals surface area contributed by atoms with E-state index in [2.05, 4.69) is 10.6 Å². The van der Waals surface area contributed by atoms with Crippen molar-refractivity contribution in [2.75, 3.05) is 11.9 Å². The summed E-state index contributed by atoms with van der Waals surface area (Å²) in [4.78, 5) is 12.4. The predicted octanol–water partition coefficient (Wildman–Crippen LogP) is 2.89. The first-order valence-electron chi connectivity index (χ1n) is 8.45. The third-order valence-corrected chi connectivity index (χ3v) is 4.34. The molecule has 1 aliphatic rings. The second-order valence-electron chi connectivity index (χ2n) is 6.02. The van der Waals surface area contributed by atoms with Crippen molar-refractivity contribution in [3.05, 3.63) is 64.7 Å². The number of carbonyl (C=O) groups excluding carboxylic acids is 1. The maximum atomic E-state index is 12.4. The molecule has 1 amide bonds. The van der Waals surface area contributed by atoms with Crippen LogP contribution in [0.3, 0.4) is 0 Å². The molecule has 0 aliphatic carbocycles. The molecule has 6 nitrogen and oxygen atoms in total. The van der Waals surface area contributed by atoms with Crippen LogP contribution in [0.1, 0.15) is 28.4 Å². The Labute approximate surface area is 152 Å². The van der Waals surface area contributed by atoms with E-state index in [1.54, 1.807) is 6.07 Å². The summed E-state index contributed by atoms with van der Waals surface area (Å²) in [5, 5.41) is 14.0. The highest BCUT2D eigenvalue weighted by Gasteiger charge is 2.27.